The Bertz CT molecular complexity index is 803. The van der Waals surface area contributed by atoms with E-state index in [9.17, 15) is 4.79 Å². The van der Waals surface area contributed by atoms with Gasteiger partial charge in [-0.2, -0.15) is 10.4 Å². The second kappa shape index (κ2) is 7.67. The van der Waals surface area contributed by atoms with Crippen molar-refractivity contribution in [3.05, 3.63) is 62.1 Å². The number of rotatable bonds is 4. The zero-order chi connectivity index (χ0) is 17.0. The van der Waals surface area contributed by atoms with Gasteiger partial charge < -0.3 is 0 Å². The first-order chi connectivity index (χ1) is 10.9. The molecule has 0 aliphatic heterocycles. The second-order valence-corrected chi connectivity index (χ2v) is 5.95. The minimum atomic E-state index is -0.558. The Kier molecular flexibility index (Phi) is 5.86. The number of hydrogen-bond acceptors (Lipinski definition) is 4. The molecule has 116 valence electrons. The molecule has 0 amide bonds. The van der Waals surface area contributed by atoms with Gasteiger partial charge in [-0.05, 0) is 36.4 Å². The predicted molar refractivity (Wildman–Crippen MR) is 93.9 cm³/mol. The zero-order valence-corrected chi connectivity index (χ0v) is 14.3. The van der Waals surface area contributed by atoms with Gasteiger partial charge >= 0.3 is 0 Å². The molecule has 8 heteroatoms. The smallest absolute Gasteiger partial charge is 0.223 e. The van der Waals surface area contributed by atoms with Crippen LogP contribution >= 0.6 is 46.4 Å². The van der Waals surface area contributed by atoms with E-state index in [4.69, 9.17) is 51.7 Å². The molecule has 0 unspecified atom stereocenters. The van der Waals surface area contributed by atoms with Gasteiger partial charge in [0.2, 0.25) is 11.5 Å². The van der Waals surface area contributed by atoms with Crippen molar-refractivity contribution in [2.24, 2.45) is 5.10 Å². The summed E-state index contributed by atoms with van der Waals surface area (Å²) in [5.74, 6) is -0.558. The monoisotopic (exact) mass is 385 g/mol. The summed E-state index contributed by atoms with van der Waals surface area (Å²) in [6.45, 7) is 0. The lowest BCUT2D eigenvalue weighted by atomic mass is 10.1. The van der Waals surface area contributed by atoms with Crippen molar-refractivity contribution < 1.29 is 4.79 Å². The largest absolute Gasteiger partial charge is 0.286 e. The van der Waals surface area contributed by atoms with E-state index in [0.717, 1.165) is 0 Å². The Labute approximate surface area is 152 Å². The topological polar surface area (TPSA) is 65.2 Å². The average Bonchev–Trinajstić information content (AvgIpc) is 2.50. The van der Waals surface area contributed by atoms with Crippen LogP contribution in [-0.2, 0) is 0 Å². The molecule has 0 atom stereocenters. The zero-order valence-electron chi connectivity index (χ0n) is 11.3. The third kappa shape index (κ3) is 4.37. The van der Waals surface area contributed by atoms with Crippen molar-refractivity contribution in [3.8, 4) is 6.07 Å². The van der Waals surface area contributed by atoms with Crippen LogP contribution in [0.1, 0.15) is 10.4 Å². The first-order valence-corrected chi connectivity index (χ1v) is 7.62. The quantitative estimate of drug-likeness (QED) is 0.430. The Morgan fingerprint density at radius 1 is 1.00 bits per heavy atom. The van der Waals surface area contributed by atoms with Gasteiger partial charge in [-0.25, -0.2) is 0 Å². The van der Waals surface area contributed by atoms with Crippen molar-refractivity contribution in [2.75, 3.05) is 5.43 Å². The van der Waals surface area contributed by atoms with Crippen LogP contribution in [0.3, 0.4) is 0 Å². The third-order valence-corrected chi connectivity index (χ3v) is 3.78. The predicted octanol–water partition coefficient (Wildman–Crippen LogP) is 5.47. The Morgan fingerprint density at radius 3 is 2.09 bits per heavy atom. The van der Waals surface area contributed by atoms with Crippen molar-refractivity contribution in [2.45, 2.75) is 0 Å². The molecule has 0 aromatic heterocycles. The molecule has 0 saturated heterocycles. The van der Waals surface area contributed by atoms with Crippen molar-refractivity contribution in [1.82, 2.24) is 0 Å². The molecule has 23 heavy (non-hydrogen) atoms. The summed E-state index contributed by atoms with van der Waals surface area (Å²) >= 11 is 23.5. The molecule has 0 saturated carbocycles. The third-order valence-electron chi connectivity index (χ3n) is 2.71. The number of nitrogens with one attached hydrogen (secondary N) is 1. The first-order valence-electron chi connectivity index (χ1n) is 6.11. The fourth-order valence-electron chi connectivity index (χ4n) is 1.63. The number of hydrazone groups is 1. The second-order valence-electron chi connectivity index (χ2n) is 4.26. The van der Waals surface area contributed by atoms with Crippen LogP contribution in [0.5, 0.6) is 0 Å². The van der Waals surface area contributed by atoms with E-state index in [1.54, 1.807) is 18.2 Å². The van der Waals surface area contributed by atoms with Gasteiger partial charge in [0.1, 0.15) is 6.07 Å². The van der Waals surface area contributed by atoms with Crippen LogP contribution in [0.15, 0.2) is 41.5 Å². The van der Waals surface area contributed by atoms with Gasteiger partial charge in [0.05, 0.1) is 15.7 Å². The number of halogens is 4. The summed E-state index contributed by atoms with van der Waals surface area (Å²) in [6, 6.07) is 10.7. The molecule has 2 rings (SSSR count). The molecule has 0 bridgehead atoms. The van der Waals surface area contributed by atoms with Crippen LogP contribution < -0.4 is 5.43 Å². The van der Waals surface area contributed by atoms with E-state index >= 15 is 0 Å². The van der Waals surface area contributed by atoms with Crippen LogP contribution in [0.2, 0.25) is 20.1 Å². The van der Waals surface area contributed by atoms with Crippen molar-refractivity contribution in [1.29, 1.82) is 5.26 Å². The Hall–Kier alpha value is -1.77. The highest BCUT2D eigenvalue weighted by atomic mass is 35.5. The number of carbonyl (C=O) groups excluding carboxylic acids is 1. The van der Waals surface area contributed by atoms with Gasteiger partial charge in [0, 0.05) is 15.6 Å². The molecule has 1 N–H and O–H groups in total. The number of ketones is 1. The Balaban J connectivity index is 2.28. The maximum absolute atomic E-state index is 12.2. The lowest BCUT2D eigenvalue weighted by Crippen LogP contribution is -2.14. The highest BCUT2D eigenvalue weighted by molar-refractivity contribution is 6.51. The average molecular weight is 387 g/mol. The number of carbonyl (C=O) groups is 1. The van der Waals surface area contributed by atoms with E-state index in [0.29, 0.717) is 10.0 Å². The van der Waals surface area contributed by atoms with E-state index in [-0.39, 0.29) is 27.0 Å². The number of anilines is 1. The first kappa shape index (κ1) is 17.6. The summed E-state index contributed by atoms with van der Waals surface area (Å²) in [5.41, 5.74) is 2.69. The van der Waals surface area contributed by atoms with Gasteiger partial charge in [0.25, 0.3) is 0 Å². The number of benzene rings is 2. The lowest BCUT2D eigenvalue weighted by molar-refractivity contribution is 0.106. The van der Waals surface area contributed by atoms with Crippen LogP contribution in [-0.4, -0.2) is 11.5 Å². The fourth-order valence-corrected chi connectivity index (χ4v) is 2.65. The summed E-state index contributed by atoms with van der Waals surface area (Å²) < 4.78 is 0. The standard InChI is InChI=1S/C15H7Cl4N3O/c16-9-3-1-8(2-4-9)15(23)13(7-20)21-22-14-11(18)5-10(17)6-12(14)19/h1-6,22H. The van der Waals surface area contributed by atoms with Gasteiger partial charge in [-0.3, -0.25) is 10.2 Å². The van der Waals surface area contributed by atoms with Gasteiger partial charge in [0.15, 0.2) is 0 Å². The molecule has 0 fully saturated rings. The molecule has 2 aromatic rings. The summed E-state index contributed by atoms with van der Waals surface area (Å²) in [7, 11) is 0. The van der Waals surface area contributed by atoms with E-state index in [2.05, 4.69) is 10.5 Å². The maximum atomic E-state index is 12.2. The van der Waals surface area contributed by atoms with E-state index in [1.165, 1.54) is 24.3 Å². The molecule has 2 aromatic carbocycles. The Morgan fingerprint density at radius 2 is 1.57 bits per heavy atom. The van der Waals surface area contributed by atoms with Crippen LogP contribution in [0, 0.1) is 11.3 Å². The number of Topliss-reactive ketones (excluding diaryl/α,β-unsaturated/α-hetero) is 1. The van der Waals surface area contributed by atoms with E-state index in [1.807, 2.05) is 0 Å². The molecule has 0 spiro atoms. The molecule has 0 radical (unpaired) electrons. The molecule has 0 aliphatic rings. The molecule has 4 nitrogen and oxygen atoms in total. The minimum Gasteiger partial charge on any atom is -0.286 e. The molecule has 0 aliphatic carbocycles. The van der Waals surface area contributed by atoms with Crippen LogP contribution in [0.4, 0.5) is 5.69 Å². The molecular weight excluding hydrogens is 380 g/mol. The number of nitriles is 1. The molecular formula is C15H7Cl4N3O. The summed E-state index contributed by atoms with van der Waals surface area (Å²) in [6.07, 6.45) is 0. The normalized spacial score (nSPS) is 11.0. The van der Waals surface area contributed by atoms with Crippen molar-refractivity contribution >= 4 is 63.6 Å². The molecule has 0 heterocycles. The number of hydrogen-bond donors (Lipinski definition) is 1. The highest BCUT2D eigenvalue weighted by Gasteiger charge is 2.15. The van der Waals surface area contributed by atoms with Crippen molar-refractivity contribution in [3.63, 3.8) is 0 Å². The fraction of sp³-hybridized carbons (Fsp3) is 0. The maximum Gasteiger partial charge on any atom is 0.223 e. The van der Waals surface area contributed by atoms with E-state index < -0.39 is 5.78 Å². The highest BCUT2D eigenvalue weighted by Crippen LogP contribution is 2.33. The summed E-state index contributed by atoms with van der Waals surface area (Å²) in [4.78, 5) is 12.2. The van der Waals surface area contributed by atoms with Gasteiger partial charge in [-0.1, -0.05) is 46.4 Å². The lowest BCUT2D eigenvalue weighted by Gasteiger charge is -2.07. The number of nitrogens with zero attached hydrogens (tertiary/aromatic N) is 2. The van der Waals surface area contributed by atoms with Crippen LogP contribution in [0.25, 0.3) is 0 Å². The summed E-state index contributed by atoms with van der Waals surface area (Å²) in [5, 5.41) is 14.1. The minimum absolute atomic E-state index is 0.211. The SMILES string of the molecule is N#CC(=NNc1c(Cl)cc(Cl)cc1Cl)C(=O)c1ccc(Cl)cc1. The van der Waals surface area contributed by atoms with Gasteiger partial charge in [-0.15, -0.1) is 0 Å².